The van der Waals surface area contributed by atoms with Gasteiger partial charge in [0.15, 0.2) is 0 Å². The van der Waals surface area contributed by atoms with Crippen molar-refractivity contribution in [1.82, 2.24) is 10.3 Å². The lowest BCUT2D eigenvalue weighted by Crippen LogP contribution is -2.38. The van der Waals surface area contributed by atoms with Crippen molar-refractivity contribution in [3.05, 3.63) is 29.5 Å². The van der Waals surface area contributed by atoms with Crippen molar-refractivity contribution in [2.45, 2.75) is 19.9 Å². The van der Waals surface area contributed by atoms with Crippen LogP contribution in [0.1, 0.15) is 23.0 Å². The molecule has 19 heavy (non-hydrogen) atoms. The van der Waals surface area contributed by atoms with Crippen LogP contribution in [0.5, 0.6) is 5.75 Å². The first-order valence-corrected chi connectivity index (χ1v) is 6.24. The number of methoxy groups -OCH3 is 1. The number of hydrogen-bond acceptors (Lipinski definition) is 3. The van der Waals surface area contributed by atoms with E-state index in [1.54, 1.807) is 7.11 Å². The van der Waals surface area contributed by atoms with Crippen LogP contribution in [-0.4, -0.2) is 30.6 Å². The quantitative estimate of drug-likeness (QED) is 0.781. The van der Waals surface area contributed by atoms with Gasteiger partial charge in [0.2, 0.25) is 0 Å². The lowest BCUT2D eigenvalue weighted by Gasteiger charge is -2.12. The van der Waals surface area contributed by atoms with Crippen LogP contribution >= 0.6 is 0 Å². The number of amides is 1. The molecule has 4 N–H and O–H groups in total. The molecule has 0 radical (unpaired) electrons. The van der Waals surface area contributed by atoms with Gasteiger partial charge in [-0.05, 0) is 26.0 Å². The maximum absolute atomic E-state index is 12.3. The summed E-state index contributed by atoms with van der Waals surface area (Å²) in [6.45, 7) is 4.16. The third kappa shape index (κ3) is 2.42. The summed E-state index contributed by atoms with van der Waals surface area (Å²) in [6.07, 6.45) is 0. The highest BCUT2D eigenvalue weighted by atomic mass is 16.5. The summed E-state index contributed by atoms with van der Waals surface area (Å²) in [4.78, 5) is 15.5. The fraction of sp³-hybridized carbons (Fsp3) is 0.357. The van der Waals surface area contributed by atoms with Gasteiger partial charge >= 0.3 is 0 Å². The number of H-pyrrole nitrogens is 1. The largest absolute Gasteiger partial charge is 0.496 e. The number of nitrogens with two attached hydrogens (primary N) is 1. The van der Waals surface area contributed by atoms with Crippen LogP contribution in [0.2, 0.25) is 0 Å². The molecule has 1 aromatic carbocycles. The van der Waals surface area contributed by atoms with Crippen molar-refractivity contribution < 1.29 is 9.53 Å². The number of benzene rings is 1. The molecule has 0 aliphatic heterocycles. The molecule has 5 nitrogen and oxygen atoms in total. The minimum atomic E-state index is -0.133. The second-order valence-electron chi connectivity index (χ2n) is 4.62. The first kappa shape index (κ1) is 13.4. The highest BCUT2D eigenvalue weighted by Crippen LogP contribution is 2.30. The maximum atomic E-state index is 12.3. The van der Waals surface area contributed by atoms with E-state index >= 15 is 0 Å². The second kappa shape index (κ2) is 5.32. The van der Waals surface area contributed by atoms with E-state index in [4.69, 9.17) is 10.5 Å². The fourth-order valence-electron chi connectivity index (χ4n) is 2.15. The van der Waals surface area contributed by atoms with E-state index in [1.807, 2.05) is 32.0 Å². The van der Waals surface area contributed by atoms with Crippen LogP contribution in [0.15, 0.2) is 18.2 Å². The van der Waals surface area contributed by atoms with Gasteiger partial charge in [-0.25, -0.2) is 0 Å². The lowest BCUT2D eigenvalue weighted by atomic mass is 10.1. The molecule has 1 heterocycles. The number of aromatic nitrogens is 1. The van der Waals surface area contributed by atoms with Crippen LogP contribution in [0.25, 0.3) is 10.9 Å². The minimum absolute atomic E-state index is 0.0634. The smallest absolute Gasteiger partial charge is 0.254 e. The number of nitrogens with one attached hydrogen (secondary N) is 2. The van der Waals surface area contributed by atoms with Gasteiger partial charge in [0.05, 0.1) is 23.6 Å². The van der Waals surface area contributed by atoms with Crippen molar-refractivity contribution in [2.24, 2.45) is 5.73 Å². The number of hydrogen-bond donors (Lipinski definition) is 3. The average molecular weight is 261 g/mol. The van der Waals surface area contributed by atoms with E-state index < -0.39 is 0 Å². The Kier molecular flexibility index (Phi) is 3.76. The topological polar surface area (TPSA) is 80.1 Å². The van der Waals surface area contributed by atoms with Crippen LogP contribution in [0.3, 0.4) is 0 Å². The molecular formula is C14H19N3O2. The molecule has 1 amide bonds. The molecule has 0 bridgehead atoms. The molecule has 102 valence electrons. The maximum Gasteiger partial charge on any atom is 0.254 e. The molecule has 0 aliphatic carbocycles. The molecule has 0 spiro atoms. The predicted octanol–water partition coefficient (Wildman–Crippen LogP) is 1.56. The van der Waals surface area contributed by atoms with Crippen molar-refractivity contribution in [1.29, 1.82) is 0 Å². The normalized spacial score (nSPS) is 12.4. The molecule has 1 atom stereocenters. The summed E-state index contributed by atoms with van der Waals surface area (Å²) in [6, 6.07) is 5.60. The highest BCUT2D eigenvalue weighted by Gasteiger charge is 2.19. The lowest BCUT2D eigenvalue weighted by molar-refractivity contribution is 0.0942. The Balaban J connectivity index is 2.53. The molecule has 0 fully saturated rings. The zero-order chi connectivity index (χ0) is 14.0. The summed E-state index contributed by atoms with van der Waals surface area (Å²) in [5.74, 6) is 0.554. The van der Waals surface area contributed by atoms with Crippen LogP contribution in [-0.2, 0) is 0 Å². The third-order valence-corrected chi connectivity index (χ3v) is 3.15. The van der Waals surface area contributed by atoms with Gasteiger partial charge in [-0.15, -0.1) is 0 Å². The summed E-state index contributed by atoms with van der Waals surface area (Å²) in [5, 5.41) is 3.69. The van der Waals surface area contributed by atoms with E-state index in [1.165, 1.54) is 0 Å². The van der Waals surface area contributed by atoms with Crippen LogP contribution in [0, 0.1) is 6.92 Å². The summed E-state index contributed by atoms with van der Waals surface area (Å²) < 4.78 is 5.34. The Morgan fingerprint density at radius 2 is 2.26 bits per heavy atom. The summed E-state index contributed by atoms with van der Waals surface area (Å²) in [5.41, 5.74) is 7.86. The van der Waals surface area contributed by atoms with Crippen molar-refractivity contribution in [2.75, 3.05) is 13.7 Å². The first-order chi connectivity index (χ1) is 9.08. The molecule has 2 aromatic rings. The van der Waals surface area contributed by atoms with E-state index in [0.29, 0.717) is 17.9 Å². The number of carbonyl (C=O) groups is 1. The van der Waals surface area contributed by atoms with Gasteiger partial charge in [0.25, 0.3) is 5.91 Å². The minimum Gasteiger partial charge on any atom is -0.496 e. The monoisotopic (exact) mass is 261 g/mol. The Labute approximate surface area is 112 Å². The molecule has 1 aromatic heterocycles. The van der Waals surface area contributed by atoms with E-state index in [9.17, 15) is 4.79 Å². The van der Waals surface area contributed by atoms with Gasteiger partial charge in [-0.3, -0.25) is 4.79 Å². The number of carbonyl (C=O) groups excluding carboxylic acids is 1. The molecule has 1 unspecified atom stereocenters. The SMILES string of the molecule is COc1cccc2[nH]c(C)c(C(=O)NC(C)CN)c12. The Morgan fingerprint density at radius 1 is 1.53 bits per heavy atom. The number of fused-ring (bicyclic) bond motifs is 1. The fourth-order valence-corrected chi connectivity index (χ4v) is 2.15. The van der Waals surface area contributed by atoms with Crippen molar-refractivity contribution in [3.8, 4) is 5.75 Å². The standard InChI is InChI=1S/C14H19N3O2/c1-8(7-15)16-14(18)12-9(2)17-10-5-4-6-11(19-3)13(10)12/h4-6,8,17H,7,15H2,1-3H3,(H,16,18). The van der Waals surface area contributed by atoms with Crippen molar-refractivity contribution in [3.63, 3.8) is 0 Å². The molecule has 0 saturated heterocycles. The molecular weight excluding hydrogens is 242 g/mol. The average Bonchev–Trinajstić information content (AvgIpc) is 2.74. The summed E-state index contributed by atoms with van der Waals surface area (Å²) in [7, 11) is 1.60. The Morgan fingerprint density at radius 3 is 2.89 bits per heavy atom. The van der Waals surface area contributed by atoms with Crippen LogP contribution < -0.4 is 15.8 Å². The van der Waals surface area contributed by atoms with E-state index in [-0.39, 0.29) is 11.9 Å². The Hall–Kier alpha value is -2.01. The van der Waals surface area contributed by atoms with Gasteiger partial charge in [-0.2, -0.15) is 0 Å². The number of aryl methyl sites for hydroxylation is 1. The first-order valence-electron chi connectivity index (χ1n) is 6.24. The van der Waals surface area contributed by atoms with Crippen molar-refractivity contribution >= 4 is 16.8 Å². The molecule has 0 saturated carbocycles. The predicted molar refractivity (Wildman–Crippen MR) is 75.6 cm³/mol. The van der Waals surface area contributed by atoms with Gasteiger partial charge < -0.3 is 20.8 Å². The van der Waals surface area contributed by atoms with Gasteiger partial charge in [-0.1, -0.05) is 6.07 Å². The van der Waals surface area contributed by atoms with Crippen LogP contribution in [0.4, 0.5) is 0 Å². The van der Waals surface area contributed by atoms with Gasteiger partial charge in [0.1, 0.15) is 5.75 Å². The van der Waals surface area contributed by atoms with E-state index in [0.717, 1.165) is 16.6 Å². The molecule has 0 aliphatic rings. The van der Waals surface area contributed by atoms with E-state index in [2.05, 4.69) is 10.3 Å². The number of aromatic amines is 1. The number of rotatable bonds is 4. The molecule has 2 rings (SSSR count). The zero-order valence-electron chi connectivity index (χ0n) is 11.4. The highest BCUT2D eigenvalue weighted by molar-refractivity contribution is 6.10. The second-order valence-corrected chi connectivity index (χ2v) is 4.62. The number of ether oxygens (including phenoxy) is 1. The summed E-state index contributed by atoms with van der Waals surface area (Å²) >= 11 is 0. The zero-order valence-corrected chi connectivity index (χ0v) is 11.4. The van der Waals surface area contributed by atoms with Gasteiger partial charge in [0, 0.05) is 18.3 Å². The third-order valence-electron chi connectivity index (χ3n) is 3.15. The Bertz CT molecular complexity index is 604. The molecule has 5 heteroatoms.